The van der Waals surface area contributed by atoms with Crippen molar-refractivity contribution in [2.75, 3.05) is 7.11 Å². The van der Waals surface area contributed by atoms with Crippen molar-refractivity contribution >= 4 is 22.9 Å². The highest BCUT2D eigenvalue weighted by molar-refractivity contribution is 5.94. The highest BCUT2D eigenvalue weighted by atomic mass is 16.5. The highest BCUT2D eigenvalue weighted by Gasteiger charge is 2.01. The fourth-order valence-corrected chi connectivity index (χ4v) is 1.62. The van der Waals surface area contributed by atoms with Crippen molar-refractivity contribution in [1.82, 2.24) is 4.98 Å². The van der Waals surface area contributed by atoms with E-state index in [9.17, 15) is 4.79 Å². The van der Waals surface area contributed by atoms with Crippen LogP contribution in [0.15, 0.2) is 30.5 Å². The molecule has 0 bridgehead atoms. The van der Waals surface area contributed by atoms with Crippen LogP contribution in [0.25, 0.3) is 17.0 Å². The molecule has 0 amide bonds. The number of fused-ring (bicyclic) bond motifs is 1. The number of carbonyl (C=O) groups is 1. The molecule has 0 unspecified atom stereocenters. The molecule has 0 saturated carbocycles. The van der Waals surface area contributed by atoms with Crippen LogP contribution in [0.5, 0.6) is 0 Å². The van der Waals surface area contributed by atoms with Crippen molar-refractivity contribution in [2.24, 2.45) is 0 Å². The molecule has 0 aliphatic carbocycles. The first-order chi connectivity index (χ1) is 7.70. The van der Waals surface area contributed by atoms with Crippen LogP contribution in [-0.4, -0.2) is 18.1 Å². The third-order valence-corrected chi connectivity index (χ3v) is 2.47. The minimum Gasteiger partial charge on any atom is -0.466 e. The highest BCUT2D eigenvalue weighted by Crippen LogP contribution is 2.20. The Morgan fingerprint density at radius 3 is 3.00 bits per heavy atom. The zero-order valence-corrected chi connectivity index (χ0v) is 9.28. The van der Waals surface area contributed by atoms with Crippen LogP contribution in [0.2, 0.25) is 0 Å². The lowest BCUT2D eigenvalue weighted by molar-refractivity contribution is -0.134. The topological polar surface area (TPSA) is 42.1 Å². The Labute approximate surface area is 93.7 Å². The smallest absolute Gasteiger partial charge is 0.330 e. The van der Waals surface area contributed by atoms with Gasteiger partial charge in [0, 0.05) is 28.7 Å². The molecule has 3 nitrogen and oxygen atoms in total. The molecule has 0 spiro atoms. The molecule has 1 aromatic carbocycles. The number of nitrogens with one attached hydrogen (secondary N) is 1. The zero-order valence-electron chi connectivity index (χ0n) is 9.28. The summed E-state index contributed by atoms with van der Waals surface area (Å²) in [6.45, 7) is 2.04. The van der Waals surface area contributed by atoms with Crippen molar-refractivity contribution in [3.8, 4) is 0 Å². The number of hydrogen-bond acceptors (Lipinski definition) is 2. The number of carbonyl (C=O) groups excluding carboxylic acids is 1. The third-order valence-electron chi connectivity index (χ3n) is 2.47. The number of methoxy groups -OCH3 is 1. The number of hydrogen-bond donors (Lipinski definition) is 1. The predicted molar refractivity (Wildman–Crippen MR) is 64.1 cm³/mol. The number of aromatic nitrogens is 1. The normalized spacial score (nSPS) is 11.1. The second kappa shape index (κ2) is 4.23. The van der Waals surface area contributed by atoms with E-state index in [-0.39, 0.29) is 5.97 Å². The number of esters is 1. The van der Waals surface area contributed by atoms with Gasteiger partial charge in [-0.1, -0.05) is 11.6 Å². The minimum absolute atomic E-state index is 0.345. The van der Waals surface area contributed by atoms with Gasteiger partial charge in [0.2, 0.25) is 0 Å². The Balaban J connectivity index is 2.41. The van der Waals surface area contributed by atoms with Crippen LogP contribution < -0.4 is 0 Å². The third kappa shape index (κ3) is 1.98. The molecule has 0 atom stereocenters. The summed E-state index contributed by atoms with van der Waals surface area (Å²) in [6.07, 6.45) is 5.05. The fraction of sp³-hybridized carbons (Fsp3) is 0.154. The number of aromatic amines is 1. The lowest BCUT2D eigenvalue weighted by atomic mass is 10.1. The number of aryl methyl sites for hydroxylation is 1. The van der Waals surface area contributed by atoms with Crippen LogP contribution in [-0.2, 0) is 9.53 Å². The Kier molecular flexibility index (Phi) is 2.77. The first-order valence-corrected chi connectivity index (χ1v) is 5.04. The lowest BCUT2D eigenvalue weighted by Gasteiger charge is -1.94. The summed E-state index contributed by atoms with van der Waals surface area (Å²) in [7, 11) is 1.37. The first-order valence-electron chi connectivity index (χ1n) is 5.04. The van der Waals surface area contributed by atoms with Crippen LogP contribution in [0, 0.1) is 6.92 Å². The molecule has 2 rings (SSSR count). The molecule has 16 heavy (non-hydrogen) atoms. The molecule has 0 radical (unpaired) electrons. The van der Waals surface area contributed by atoms with E-state index in [0.29, 0.717) is 0 Å². The van der Waals surface area contributed by atoms with Crippen molar-refractivity contribution < 1.29 is 9.53 Å². The Hall–Kier alpha value is -2.03. The largest absolute Gasteiger partial charge is 0.466 e. The van der Waals surface area contributed by atoms with Gasteiger partial charge in [0.15, 0.2) is 0 Å². The van der Waals surface area contributed by atoms with Crippen LogP contribution in [0.1, 0.15) is 11.1 Å². The van der Waals surface area contributed by atoms with Gasteiger partial charge in [-0.05, 0) is 25.1 Å². The summed E-state index contributed by atoms with van der Waals surface area (Å²) in [6, 6.07) is 6.16. The molecule has 1 heterocycles. The van der Waals surface area contributed by atoms with Gasteiger partial charge in [-0.25, -0.2) is 4.79 Å². The quantitative estimate of drug-likeness (QED) is 0.618. The Morgan fingerprint density at radius 2 is 2.25 bits per heavy atom. The molecular formula is C13H13NO2. The van der Waals surface area contributed by atoms with E-state index < -0.39 is 0 Å². The molecule has 82 valence electrons. The maximum Gasteiger partial charge on any atom is 0.330 e. The molecule has 1 aromatic heterocycles. The van der Waals surface area contributed by atoms with Crippen LogP contribution in [0.3, 0.4) is 0 Å². The van der Waals surface area contributed by atoms with E-state index in [1.165, 1.54) is 18.7 Å². The standard InChI is InChI=1S/C13H13NO2/c1-9-3-5-12-11(7-9)10(8-14-12)4-6-13(15)16-2/h3-8,14H,1-2H3/b6-4+. The van der Waals surface area contributed by atoms with E-state index in [1.54, 1.807) is 6.08 Å². The number of benzene rings is 1. The van der Waals surface area contributed by atoms with E-state index in [4.69, 9.17) is 0 Å². The van der Waals surface area contributed by atoms with Gasteiger partial charge in [-0.2, -0.15) is 0 Å². The maximum atomic E-state index is 11.0. The predicted octanol–water partition coefficient (Wildman–Crippen LogP) is 2.66. The van der Waals surface area contributed by atoms with E-state index in [0.717, 1.165) is 16.5 Å². The van der Waals surface area contributed by atoms with Crippen molar-refractivity contribution in [3.05, 3.63) is 41.6 Å². The van der Waals surface area contributed by atoms with E-state index in [1.807, 2.05) is 25.3 Å². The van der Waals surface area contributed by atoms with Crippen molar-refractivity contribution in [1.29, 1.82) is 0 Å². The molecule has 0 aliphatic rings. The molecule has 0 fully saturated rings. The Bertz CT molecular complexity index is 552. The van der Waals surface area contributed by atoms with Gasteiger partial charge in [0.05, 0.1) is 7.11 Å². The molecule has 1 N–H and O–H groups in total. The summed E-state index contributed by atoms with van der Waals surface area (Å²) >= 11 is 0. The molecule has 0 saturated heterocycles. The van der Waals surface area contributed by atoms with E-state index in [2.05, 4.69) is 15.8 Å². The molecule has 2 aromatic rings. The van der Waals surface area contributed by atoms with Crippen LogP contribution in [0.4, 0.5) is 0 Å². The lowest BCUT2D eigenvalue weighted by Crippen LogP contribution is -1.92. The number of ether oxygens (including phenoxy) is 1. The van der Waals surface area contributed by atoms with Gasteiger partial charge in [-0.15, -0.1) is 0 Å². The van der Waals surface area contributed by atoms with Gasteiger partial charge >= 0.3 is 5.97 Å². The molecule has 3 heteroatoms. The van der Waals surface area contributed by atoms with E-state index >= 15 is 0 Å². The fourth-order valence-electron chi connectivity index (χ4n) is 1.62. The summed E-state index contributed by atoms with van der Waals surface area (Å²) in [5.74, 6) is -0.345. The molecule has 0 aliphatic heterocycles. The SMILES string of the molecule is COC(=O)/C=C/c1c[nH]c2ccc(C)cc12. The number of rotatable bonds is 2. The summed E-state index contributed by atoms with van der Waals surface area (Å²) in [5, 5.41) is 1.11. The van der Waals surface area contributed by atoms with Crippen molar-refractivity contribution in [3.63, 3.8) is 0 Å². The van der Waals surface area contributed by atoms with Gasteiger partial charge in [-0.3, -0.25) is 0 Å². The van der Waals surface area contributed by atoms with Gasteiger partial charge in [0.1, 0.15) is 0 Å². The number of H-pyrrole nitrogens is 1. The summed E-state index contributed by atoms with van der Waals surface area (Å²) in [5.41, 5.74) is 3.25. The average molecular weight is 215 g/mol. The van der Waals surface area contributed by atoms with Crippen molar-refractivity contribution in [2.45, 2.75) is 6.92 Å². The molecular weight excluding hydrogens is 202 g/mol. The minimum atomic E-state index is -0.345. The maximum absolute atomic E-state index is 11.0. The summed E-state index contributed by atoms with van der Waals surface area (Å²) in [4.78, 5) is 14.1. The first kappa shape index (κ1) is 10.5. The average Bonchev–Trinajstić information content (AvgIpc) is 2.68. The second-order valence-electron chi connectivity index (χ2n) is 3.65. The van der Waals surface area contributed by atoms with Crippen LogP contribution >= 0.6 is 0 Å². The second-order valence-corrected chi connectivity index (χ2v) is 3.65. The monoisotopic (exact) mass is 215 g/mol. The summed E-state index contributed by atoms with van der Waals surface area (Å²) < 4.78 is 4.55. The zero-order chi connectivity index (χ0) is 11.5. The van der Waals surface area contributed by atoms with Gasteiger partial charge in [0.25, 0.3) is 0 Å². The van der Waals surface area contributed by atoms with Gasteiger partial charge < -0.3 is 9.72 Å². The Morgan fingerprint density at radius 1 is 1.44 bits per heavy atom.